The number of rotatable bonds is 8. The summed E-state index contributed by atoms with van der Waals surface area (Å²) in [7, 11) is 0. The maximum atomic E-state index is 12.6. The van der Waals surface area contributed by atoms with Gasteiger partial charge in [-0.2, -0.15) is 0 Å². The van der Waals surface area contributed by atoms with Crippen molar-refractivity contribution in [3.05, 3.63) is 64.7 Å². The standard InChI is InChI=1S/C24H33NO2/c1-7-19-9-11-20(12-10-19)24(17(4)5)25-23(26)15-27-22-14-18(6)8-13-21(22)16(2)3/h8-14,16-17,24H,7,15H2,1-6H3,(H,25,26)/t24-/m0/s1. The molecular weight excluding hydrogens is 334 g/mol. The van der Waals surface area contributed by atoms with Gasteiger partial charge in [0, 0.05) is 0 Å². The number of hydrogen-bond acceptors (Lipinski definition) is 2. The highest BCUT2D eigenvalue weighted by atomic mass is 16.5. The molecule has 2 aromatic carbocycles. The number of hydrogen-bond donors (Lipinski definition) is 1. The largest absolute Gasteiger partial charge is 0.483 e. The average molecular weight is 368 g/mol. The Morgan fingerprint density at radius 1 is 1.04 bits per heavy atom. The summed E-state index contributed by atoms with van der Waals surface area (Å²) < 4.78 is 5.88. The van der Waals surface area contributed by atoms with Gasteiger partial charge in [-0.1, -0.05) is 71.0 Å². The Bertz CT molecular complexity index is 747. The van der Waals surface area contributed by atoms with Gasteiger partial charge in [0.05, 0.1) is 6.04 Å². The Morgan fingerprint density at radius 3 is 2.26 bits per heavy atom. The van der Waals surface area contributed by atoms with E-state index >= 15 is 0 Å². The molecule has 0 fully saturated rings. The van der Waals surface area contributed by atoms with Gasteiger partial charge in [0.2, 0.25) is 0 Å². The van der Waals surface area contributed by atoms with Crippen LogP contribution in [0, 0.1) is 12.8 Å². The quantitative estimate of drug-likeness (QED) is 0.662. The van der Waals surface area contributed by atoms with E-state index in [-0.39, 0.29) is 18.6 Å². The van der Waals surface area contributed by atoms with Crippen molar-refractivity contribution in [3.63, 3.8) is 0 Å². The summed E-state index contributed by atoms with van der Waals surface area (Å²) in [6, 6.07) is 14.6. The molecule has 0 saturated heterocycles. The van der Waals surface area contributed by atoms with Gasteiger partial charge in [-0.3, -0.25) is 4.79 Å². The predicted molar refractivity (Wildman–Crippen MR) is 112 cm³/mol. The molecule has 0 aliphatic heterocycles. The third-order valence-corrected chi connectivity index (χ3v) is 4.88. The van der Waals surface area contributed by atoms with E-state index in [4.69, 9.17) is 4.74 Å². The van der Waals surface area contributed by atoms with Crippen molar-refractivity contribution in [2.45, 2.75) is 59.9 Å². The van der Waals surface area contributed by atoms with Gasteiger partial charge < -0.3 is 10.1 Å². The van der Waals surface area contributed by atoms with Crippen molar-refractivity contribution in [3.8, 4) is 5.75 Å². The minimum Gasteiger partial charge on any atom is -0.483 e. The minimum absolute atomic E-state index is 0.0194. The van der Waals surface area contributed by atoms with E-state index in [9.17, 15) is 4.79 Å². The van der Waals surface area contributed by atoms with Crippen molar-refractivity contribution in [2.75, 3.05) is 6.61 Å². The van der Waals surface area contributed by atoms with Crippen LogP contribution in [0.2, 0.25) is 0 Å². The molecular formula is C24H33NO2. The number of amides is 1. The van der Waals surface area contributed by atoms with Crippen LogP contribution in [0.1, 0.15) is 68.8 Å². The second-order valence-corrected chi connectivity index (χ2v) is 7.87. The monoisotopic (exact) mass is 367 g/mol. The van der Waals surface area contributed by atoms with E-state index in [0.717, 1.165) is 28.9 Å². The highest BCUT2D eigenvalue weighted by molar-refractivity contribution is 5.78. The molecule has 0 bridgehead atoms. The molecule has 1 amide bonds. The van der Waals surface area contributed by atoms with Crippen LogP contribution in [-0.2, 0) is 11.2 Å². The van der Waals surface area contributed by atoms with E-state index in [2.05, 4.69) is 76.3 Å². The summed E-state index contributed by atoms with van der Waals surface area (Å²) in [5.41, 5.74) is 4.69. The Labute approximate surface area is 164 Å². The van der Waals surface area contributed by atoms with Crippen LogP contribution < -0.4 is 10.1 Å². The van der Waals surface area contributed by atoms with Crippen molar-refractivity contribution < 1.29 is 9.53 Å². The molecule has 3 nitrogen and oxygen atoms in total. The first-order valence-electron chi connectivity index (χ1n) is 9.93. The molecule has 0 spiro atoms. The highest BCUT2D eigenvalue weighted by Gasteiger charge is 2.19. The molecule has 1 N–H and O–H groups in total. The smallest absolute Gasteiger partial charge is 0.258 e. The number of carbonyl (C=O) groups is 1. The predicted octanol–water partition coefficient (Wildman–Crippen LogP) is 5.57. The molecule has 0 unspecified atom stereocenters. The van der Waals surface area contributed by atoms with Crippen LogP contribution in [0.15, 0.2) is 42.5 Å². The second-order valence-electron chi connectivity index (χ2n) is 7.87. The summed E-state index contributed by atoms with van der Waals surface area (Å²) in [5.74, 6) is 1.36. The van der Waals surface area contributed by atoms with E-state index < -0.39 is 0 Å². The van der Waals surface area contributed by atoms with Crippen molar-refractivity contribution in [1.29, 1.82) is 0 Å². The first kappa shape index (κ1) is 21.0. The fourth-order valence-corrected chi connectivity index (χ4v) is 3.20. The second kappa shape index (κ2) is 9.59. The van der Waals surface area contributed by atoms with Crippen molar-refractivity contribution in [2.24, 2.45) is 5.92 Å². The number of aryl methyl sites for hydroxylation is 2. The van der Waals surface area contributed by atoms with Crippen molar-refractivity contribution >= 4 is 5.91 Å². The van der Waals surface area contributed by atoms with Gasteiger partial charge in [0.1, 0.15) is 5.75 Å². The zero-order valence-electron chi connectivity index (χ0n) is 17.5. The average Bonchev–Trinajstić information content (AvgIpc) is 2.64. The molecule has 1 atom stereocenters. The van der Waals surface area contributed by atoms with Crippen LogP contribution in [0.3, 0.4) is 0 Å². The first-order valence-corrected chi connectivity index (χ1v) is 9.93. The van der Waals surface area contributed by atoms with E-state index in [1.54, 1.807) is 0 Å². The lowest BCUT2D eigenvalue weighted by Gasteiger charge is -2.23. The maximum Gasteiger partial charge on any atom is 0.258 e. The maximum absolute atomic E-state index is 12.6. The first-order chi connectivity index (χ1) is 12.8. The van der Waals surface area contributed by atoms with E-state index in [0.29, 0.717) is 11.8 Å². The Morgan fingerprint density at radius 2 is 1.70 bits per heavy atom. The molecule has 0 saturated carbocycles. The van der Waals surface area contributed by atoms with Crippen LogP contribution in [-0.4, -0.2) is 12.5 Å². The number of benzene rings is 2. The topological polar surface area (TPSA) is 38.3 Å². The normalized spacial score (nSPS) is 12.3. The van der Waals surface area contributed by atoms with Gasteiger partial charge in [-0.05, 0) is 53.5 Å². The zero-order chi connectivity index (χ0) is 20.0. The number of nitrogens with one attached hydrogen (secondary N) is 1. The molecule has 0 heterocycles. The lowest BCUT2D eigenvalue weighted by Crippen LogP contribution is -2.35. The molecule has 0 aromatic heterocycles. The molecule has 0 aliphatic carbocycles. The van der Waals surface area contributed by atoms with Gasteiger partial charge in [0.15, 0.2) is 6.61 Å². The lowest BCUT2D eigenvalue weighted by molar-refractivity contribution is -0.124. The fraction of sp³-hybridized carbons (Fsp3) is 0.458. The minimum atomic E-state index is -0.0931. The summed E-state index contributed by atoms with van der Waals surface area (Å²) in [5, 5.41) is 3.14. The van der Waals surface area contributed by atoms with Crippen LogP contribution in [0.5, 0.6) is 5.75 Å². The van der Waals surface area contributed by atoms with Crippen LogP contribution >= 0.6 is 0 Å². The van der Waals surface area contributed by atoms with Crippen LogP contribution in [0.4, 0.5) is 0 Å². The molecule has 27 heavy (non-hydrogen) atoms. The number of ether oxygens (including phenoxy) is 1. The third-order valence-electron chi connectivity index (χ3n) is 4.88. The van der Waals surface area contributed by atoms with Crippen molar-refractivity contribution in [1.82, 2.24) is 5.32 Å². The Balaban J connectivity index is 2.05. The van der Waals surface area contributed by atoms with E-state index in [1.807, 2.05) is 13.0 Å². The van der Waals surface area contributed by atoms with Gasteiger partial charge >= 0.3 is 0 Å². The molecule has 2 aromatic rings. The number of carbonyl (C=O) groups excluding carboxylic acids is 1. The van der Waals surface area contributed by atoms with Gasteiger partial charge in [0.25, 0.3) is 5.91 Å². The molecule has 2 rings (SSSR count). The summed E-state index contributed by atoms with van der Waals surface area (Å²) in [6.07, 6.45) is 1.02. The van der Waals surface area contributed by atoms with Crippen LogP contribution in [0.25, 0.3) is 0 Å². The Hall–Kier alpha value is -2.29. The SMILES string of the molecule is CCc1ccc([C@@H](NC(=O)COc2cc(C)ccc2C(C)C)C(C)C)cc1. The molecule has 3 heteroatoms. The third kappa shape index (κ3) is 5.85. The summed E-state index contributed by atoms with van der Waals surface area (Å²) >= 11 is 0. The fourth-order valence-electron chi connectivity index (χ4n) is 3.20. The van der Waals surface area contributed by atoms with E-state index in [1.165, 1.54) is 5.56 Å². The molecule has 146 valence electrons. The Kier molecular flexibility index (Phi) is 7.46. The highest BCUT2D eigenvalue weighted by Crippen LogP contribution is 2.27. The van der Waals surface area contributed by atoms with Gasteiger partial charge in [-0.15, -0.1) is 0 Å². The molecule has 0 aliphatic rings. The summed E-state index contributed by atoms with van der Waals surface area (Å²) in [6.45, 7) is 12.7. The zero-order valence-corrected chi connectivity index (χ0v) is 17.5. The van der Waals surface area contributed by atoms with Gasteiger partial charge in [-0.25, -0.2) is 0 Å². The summed E-state index contributed by atoms with van der Waals surface area (Å²) in [4.78, 5) is 12.6. The molecule has 0 radical (unpaired) electrons. The lowest BCUT2D eigenvalue weighted by atomic mass is 9.95.